The van der Waals surface area contributed by atoms with E-state index in [9.17, 15) is 0 Å². The molecule has 134 valence electrons. The SMILES string of the molecule is COc1c(Cl)cc(Cl)cc1CN1CCC[C@@H](CN2CCOCC2)C1. The van der Waals surface area contributed by atoms with E-state index in [1.54, 1.807) is 13.2 Å². The molecule has 1 aromatic rings. The highest BCUT2D eigenvalue weighted by molar-refractivity contribution is 6.35. The molecule has 2 heterocycles. The zero-order valence-corrected chi connectivity index (χ0v) is 15.8. The minimum absolute atomic E-state index is 0.585. The Morgan fingerprint density at radius 2 is 1.96 bits per heavy atom. The van der Waals surface area contributed by atoms with Crippen molar-refractivity contribution in [3.05, 3.63) is 27.7 Å². The number of hydrogen-bond donors (Lipinski definition) is 0. The molecule has 0 aliphatic carbocycles. The molecule has 1 atom stereocenters. The molecule has 2 fully saturated rings. The van der Waals surface area contributed by atoms with Crippen molar-refractivity contribution in [2.75, 3.05) is 53.0 Å². The first-order valence-electron chi connectivity index (χ1n) is 8.70. The van der Waals surface area contributed by atoms with E-state index in [0.717, 1.165) is 63.2 Å². The Labute approximate surface area is 154 Å². The van der Waals surface area contributed by atoms with Crippen molar-refractivity contribution in [1.82, 2.24) is 9.80 Å². The van der Waals surface area contributed by atoms with Gasteiger partial charge >= 0.3 is 0 Å². The summed E-state index contributed by atoms with van der Waals surface area (Å²) >= 11 is 12.4. The molecule has 1 aromatic carbocycles. The van der Waals surface area contributed by atoms with E-state index in [1.807, 2.05) is 6.07 Å². The maximum atomic E-state index is 6.26. The van der Waals surface area contributed by atoms with Gasteiger partial charge in [-0.05, 0) is 37.4 Å². The van der Waals surface area contributed by atoms with Crippen LogP contribution in [0.2, 0.25) is 10.0 Å². The van der Waals surface area contributed by atoms with E-state index in [2.05, 4.69) is 9.80 Å². The molecule has 2 saturated heterocycles. The lowest BCUT2D eigenvalue weighted by Crippen LogP contribution is -2.44. The van der Waals surface area contributed by atoms with Gasteiger partial charge in [0.05, 0.1) is 25.3 Å². The smallest absolute Gasteiger partial charge is 0.142 e. The molecule has 0 saturated carbocycles. The van der Waals surface area contributed by atoms with E-state index in [-0.39, 0.29) is 0 Å². The number of morpholine rings is 1. The van der Waals surface area contributed by atoms with Gasteiger partial charge in [0.2, 0.25) is 0 Å². The lowest BCUT2D eigenvalue weighted by molar-refractivity contribution is 0.0224. The molecule has 24 heavy (non-hydrogen) atoms. The second-order valence-electron chi connectivity index (χ2n) is 6.74. The molecule has 0 radical (unpaired) electrons. The van der Waals surface area contributed by atoms with Gasteiger partial charge in [-0.3, -0.25) is 9.80 Å². The van der Waals surface area contributed by atoms with Crippen molar-refractivity contribution in [2.24, 2.45) is 5.92 Å². The third kappa shape index (κ3) is 4.77. The van der Waals surface area contributed by atoms with Crippen LogP contribution in [-0.4, -0.2) is 62.8 Å². The molecule has 6 heteroatoms. The summed E-state index contributed by atoms with van der Waals surface area (Å²) in [6.07, 6.45) is 2.55. The number of piperidine rings is 1. The first-order valence-corrected chi connectivity index (χ1v) is 9.45. The van der Waals surface area contributed by atoms with Gasteiger partial charge in [0.15, 0.2) is 0 Å². The van der Waals surface area contributed by atoms with Crippen molar-refractivity contribution in [1.29, 1.82) is 0 Å². The summed E-state index contributed by atoms with van der Waals surface area (Å²) in [5.74, 6) is 1.47. The first-order chi connectivity index (χ1) is 11.7. The first kappa shape index (κ1) is 18.3. The van der Waals surface area contributed by atoms with Gasteiger partial charge in [0, 0.05) is 43.3 Å². The fourth-order valence-electron chi connectivity index (χ4n) is 3.79. The quantitative estimate of drug-likeness (QED) is 0.788. The molecule has 3 rings (SSSR count). The summed E-state index contributed by atoms with van der Waals surface area (Å²) in [5, 5.41) is 1.25. The maximum absolute atomic E-state index is 6.26. The third-order valence-corrected chi connectivity index (χ3v) is 5.41. The molecule has 0 aromatic heterocycles. The Kier molecular flexibility index (Phi) is 6.64. The largest absolute Gasteiger partial charge is 0.495 e. The summed E-state index contributed by atoms with van der Waals surface area (Å²) in [6.45, 7) is 8.11. The van der Waals surface area contributed by atoms with Gasteiger partial charge in [-0.25, -0.2) is 0 Å². The van der Waals surface area contributed by atoms with Gasteiger partial charge in [0.25, 0.3) is 0 Å². The number of methoxy groups -OCH3 is 1. The van der Waals surface area contributed by atoms with Crippen LogP contribution in [0.3, 0.4) is 0 Å². The monoisotopic (exact) mass is 372 g/mol. The van der Waals surface area contributed by atoms with Crippen molar-refractivity contribution < 1.29 is 9.47 Å². The van der Waals surface area contributed by atoms with Crippen LogP contribution in [0.1, 0.15) is 18.4 Å². The highest BCUT2D eigenvalue weighted by Crippen LogP contribution is 2.33. The number of rotatable bonds is 5. The van der Waals surface area contributed by atoms with Crippen LogP contribution in [-0.2, 0) is 11.3 Å². The molecule has 0 spiro atoms. The van der Waals surface area contributed by atoms with Gasteiger partial charge in [0.1, 0.15) is 5.75 Å². The molecule has 4 nitrogen and oxygen atoms in total. The van der Waals surface area contributed by atoms with E-state index < -0.39 is 0 Å². The van der Waals surface area contributed by atoms with Crippen LogP contribution in [0.4, 0.5) is 0 Å². The summed E-state index contributed by atoms with van der Waals surface area (Å²) in [7, 11) is 1.66. The van der Waals surface area contributed by atoms with Crippen LogP contribution in [0.5, 0.6) is 5.75 Å². The molecule has 0 unspecified atom stereocenters. The molecule has 2 aliphatic heterocycles. The van der Waals surface area contributed by atoms with Crippen LogP contribution >= 0.6 is 23.2 Å². The number of benzene rings is 1. The summed E-state index contributed by atoms with van der Waals surface area (Å²) in [4.78, 5) is 5.04. The molecular weight excluding hydrogens is 347 g/mol. The predicted octanol–water partition coefficient (Wildman–Crippen LogP) is 3.55. The van der Waals surface area contributed by atoms with E-state index >= 15 is 0 Å². The number of hydrogen-bond acceptors (Lipinski definition) is 4. The van der Waals surface area contributed by atoms with Crippen LogP contribution in [0.15, 0.2) is 12.1 Å². The third-order valence-electron chi connectivity index (χ3n) is 4.91. The number of nitrogens with zero attached hydrogens (tertiary/aromatic N) is 2. The Hall–Kier alpha value is -0.520. The number of ether oxygens (including phenoxy) is 2. The van der Waals surface area contributed by atoms with Crippen molar-refractivity contribution in [3.8, 4) is 5.75 Å². The molecule has 2 aliphatic rings. The van der Waals surface area contributed by atoms with Crippen LogP contribution < -0.4 is 4.74 Å². The topological polar surface area (TPSA) is 24.9 Å². The molecular formula is C18H26Cl2N2O2. The second-order valence-corrected chi connectivity index (χ2v) is 7.58. The average Bonchev–Trinajstić information content (AvgIpc) is 2.56. The maximum Gasteiger partial charge on any atom is 0.142 e. The summed E-state index contributed by atoms with van der Waals surface area (Å²) in [6, 6.07) is 3.71. The van der Waals surface area contributed by atoms with E-state index in [1.165, 1.54) is 19.4 Å². The zero-order valence-electron chi connectivity index (χ0n) is 14.3. The van der Waals surface area contributed by atoms with Gasteiger partial charge in [-0.1, -0.05) is 23.2 Å². The molecule has 0 bridgehead atoms. The Morgan fingerprint density at radius 1 is 1.17 bits per heavy atom. The Morgan fingerprint density at radius 3 is 2.71 bits per heavy atom. The predicted molar refractivity (Wildman–Crippen MR) is 98.3 cm³/mol. The average molecular weight is 373 g/mol. The molecule has 0 amide bonds. The highest BCUT2D eigenvalue weighted by Gasteiger charge is 2.24. The standard InChI is InChI=1S/C18H26Cl2N2O2/c1-23-18-15(9-16(19)10-17(18)20)13-22-4-2-3-14(12-22)11-21-5-7-24-8-6-21/h9-10,14H,2-8,11-13H2,1H3/t14-/m0/s1. The fraction of sp³-hybridized carbons (Fsp3) is 0.667. The summed E-state index contributed by atoms with van der Waals surface area (Å²) in [5.41, 5.74) is 1.07. The lowest BCUT2D eigenvalue weighted by Gasteiger charge is -2.37. The normalized spacial score (nSPS) is 23.4. The van der Waals surface area contributed by atoms with Gasteiger partial charge in [-0.15, -0.1) is 0 Å². The highest BCUT2D eigenvalue weighted by atomic mass is 35.5. The minimum atomic E-state index is 0.585. The fourth-order valence-corrected chi connectivity index (χ4v) is 4.41. The van der Waals surface area contributed by atoms with Crippen molar-refractivity contribution in [3.63, 3.8) is 0 Å². The van der Waals surface area contributed by atoms with Crippen LogP contribution in [0, 0.1) is 5.92 Å². The second kappa shape index (κ2) is 8.72. The number of halogens is 2. The minimum Gasteiger partial charge on any atom is -0.495 e. The van der Waals surface area contributed by atoms with Crippen LogP contribution in [0.25, 0.3) is 0 Å². The van der Waals surface area contributed by atoms with E-state index in [4.69, 9.17) is 32.7 Å². The Balaban J connectivity index is 1.61. The van der Waals surface area contributed by atoms with Gasteiger partial charge in [-0.2, -0.15) is 0 Å². The number of likely N-dealkylation sites (tertiary alicyclic amines) is 1. The molecule has 0 N–H and O–H groups in total. The van der Waals surface area contributed by atoms with Gasteiger partial charge < -0.3 is 9.47 Å². The van der Waals surface area contributed by atoms with Crippen molar-refractivity contribution >= 4 is 23.2 Å². The lowest BCUT2D eigenvalue weighted by atomic mass is 9.96. The zero-order chi connectivity index (χ0) is 16.9. The van der Waals surface area contributed by atoms with E-state index in [0.29, 0.717) is 10.0 Å². The van der Waals surface area contributed by atoms with Crippen molar-refractivity contribution in [2.45, 2.75) is 19.4 Å². The summed E-state index contributed by atoms with van der Waals surface area (Å²) < 4.78 is 10.9. The Bertz CT molecular complexity index is 550.